The average Bonchev–Trinajstić information content (AvgIpc) is 2.60. The van der Waals surface area contributed by atoms with Crippen LogP contribution in [0.3, 0.4) is 0 Å². The summed E-state index contributed by atoms with van der Waals surface area (Å²) in [6, 6.07) is 14.2. The van der Waals surface area contributed by atoms with Gasteiger partial charge >= 0.3 is 0 Å². The molecule has 0 atom stereocenters. The molecule has 0 bridgehead atoms. The number of hydroxylamine groups is 1. The molecule has 0 unspecified atom stereocenters. The van der Waals surface area contributed by atoms with Crippen LogP contribution in [0.15, 0.2) is 52.7 Å². The largest absolute Gasteiger partial charge is 0.270 e. The van der Waals surface area contributed by atoms with Crippen molar-refractivity contribution in [1.82, 2.24) is 5.48 Å². The maximum absolute atomic E-state index is 5.29. The molecule has 1 N–H and O–H groups in total. The van der Waals surface area contributed by atoms with Crippen molar-refractivity contribution >= 4 is 12.1 Å². The number of nitrogens with one attached hydrogen (secondary N) is 1. The molecule has 0 fully saturated rings. The van der Waals surface area contributed by atoms with Crippen molar-refractivity contribution in [1.29, 1.82) is 0 Å². The first-order valence-corrected chi connectivity index (χ1v) is 7.88. The molecule has 1 aliphatic rings. The molecule has 120 valence electrons. The second kappa shape index (κ2) is 8.25. The summed E-state index contributed by atoms with van der Waals surface area (Å²) in [4.78, 5) is 5.29. The van der Waals surface area contributed by atoms with E-state index in [2.05, 4.69) is 41.7 Å². The molecular formula is C19H23N3O. The number of aryl methyl sites for hydroxylation is 2. The Morgan fingerprint density at radius 3 is 2.61 bits per heavy atom. The van der Waals surface area contributed by atoms with Crippen LogP contribution in [0.1, 0.15) is 41.7 Å². The first kappa shape index (κ1) is 16.9. The van der Waals surface area contributed by atoms with Crippen molar-refractivity contribution in [2.45, 2.75) is 34.3 Å². The maximum atomic E-state index is 5.29. The van der Waals surface area contributed by atoms with Gasteiger partial charge in [0.05, 0.1) is 6.21 Å². The molecular weight excluding hydrogens is 286 g/mol. The Morgan fingerprint density at radius 2 is 1.83 bits per heavy atom. The third kappa shape index (κ3) is 4.27. The van der Waals surface area contributed by atoms with Gasteiger partial charge in [-0.2, -0.15) is 5.10 Å². The Hall–Kier alpha value is -2.46. The van der Waals surface area contributed by atoms with Crippen LogP contribution in [0.4, 0.5) is 0 Å². The average molecular weight is 309 g/mol. The van der Waals surface area contributed by atoms with E-state index in [0.29, 0.717) is 12.4 Å². The number of fused-ring (bicyclic) bond motifs is 1. The minimum Gasteiger partial charge on any atom is -0.270 e. The van der Waals surface area contributed by atoms with Gasteiger partial charge in [-0.3, -0.25) is 4.84 Å². The quantitative estimate of drug-likeness (QED) is 0.669. The molecule has 23 heavy (non-hydrogen) atoms. The lowest BCUT2D eigenvalue weighted by atomic mass is 10.1. The summed E-state index contributed by atoms with van der Waals surface area (Å²) in [5.41, 5.74) is 8.51. The van der Waals surface area contributed by atoms with Gasteiger partial charge in [0, 0.05) is 5.56 Å². The predicted octanol–water partition coefficient (Wildman–Crippen LogP) is 4.15. The van der Waals surface area contributed by atoms with Crippen LogP contribution in [-0.2, 0) is 11.4 Å². The molecule has 4 nitrogen and oxygen atoms in total. The van der Waals surface area contributed by atoms with E-state index < -0.39 is 0 Å². The predicted molar refractivity (Wildman–Crippen MR) is 95.8 cm³/mol. The normalized spacial score (nSPS) is 14.9. The minimum atomic E-state index is 0.538. The van der Waals surface area contributed by atoms with Gasteiger partial charge in [-0.15, -0.1) is 5.10 Å². The summed E-state index contributed by atoms with van der Waals surface area (Å²) in [7, 11) is 0. The third-order valence-corrected chi connectivity index (χ3v) is 3.56. The van der Waals surface area contributed by atoms with Gasteiger partial charge in [-0.25, -0.2) is 5.48 Å². The van der Waals surface area contributed by atoms with Gasteiger partial charge < -0.3 is 0 Å². The number of amidine groups is 1. The zero-order chi connectivity index (χ0) is 16.7. The maximum Gasteiger partial charge on any atom is 0.179 e. The lowest BCUT2D eigenvalue weighted by Crippen LogP contribution is -2.30. The first-order chi connectivity index (χ1) is 11.2. The van der Waals surface area contributed by atoms with E-state index in [1.54, 1.807) is 6.21 Å². The van der Waals surface area contributed by atoms with E-state index in [-0.39, 0.29) is 0 Å². The van der Waals surface area contributed by atoms with Crippen molar-refractivity contribution in [3.63, 3.8) is 0 Å². The van der Waals surface area contributed by atoms with Gasteiger partial charge in [-0.1, -0.05) is 56.3 Å². The Labute approximate surface area is 137 Å². The van der Waals surface area contributed by atoms with E-state index in [1.807, 2.05) is 44.2 Å². The van der Waals surface area contributed by atoms with Crippen LogP contribution in [0, 0.1) is 13.8 Å². The summed E-state index contributed by atoms with van der Waals surface area (Å²) in [6.07, 6.45) is 1.75. The fourth-order valence-electron chi connectivity index (χ4n) is 2.19. The highest BCUT2D eigenvalue weighted by Crippen LogP contribution is 2.14. The van der Waals surface area contributed by atoms with Crippen molar-refractivity contribution in [3.05, 3.63) is 70.3 Å². The smallest absolute Gasteiger partial charge is 0.179 e. The molecule has 4 heteroatoms. The summed E-state index contributed by atoms with van der Waals surface area (Å²) < 4.78 is 0. The van der Waals surface area contributed by atoms with E-state index in [0.717, 1.165) is 16.7 Å². The summed E-state index contributed by atoms with van der Waals surface area (Å²) >= 11 is 0. The van der Waals surface area contributed by atoms with E-state index in [4.69, 9.17) is 4.84 Å². The zero-order valence-electron chi connectivity index (χ0n) is 14.1. The third-order valence-electron chi connectivity index (χ3n) is 3.56. The zero-order valence-corrected chi connectivity index (χ0v) is 14.1. The van der Waals surface area contributed by atoms with Crippen LogP contribution >= 0.6 is 0 Å². The molecule has 0 radical (unpaired) electrons. The summed E-state index contributed by atoms with van der Waals surface area (Å²) in [5.74, 6) is 0.636. The van der Waals surface area contributed by atoms with E-state index in [9.17, 15) is 0 Å². The fourth-order valence-corrected chi connectivity index (χ4v) is 2.19. The van der Waals surface area contributed by atoms with Crippen molar-refractivity contribution in [2.24, 2.45) is 10.2 Å². The number of rotatable bonds is 2. The first-order valence-electron chi connectivity index (χ1n) is 7.88. The molecule has 1 aliphatic heterocycles. The van der Waals surface area contributed by atoms with Crippen LogP contribution < -0.4 is 5.48 Å². The van der Waals surface area contributed by atoms with Gasteiger partial charge in [0.25, 0.3) is 0 Å². The number of hydrogen-bond donors (Lipinski definition) is 1. The summed E-state index contributed by atoms with van der Waals surface area (Å²) in [6.45, 7) is 8.72. The topological polar surface area (TPSA) is 46.0 Å². The standard InChI is InChI=1S/C17H17N3O.C2H6/c1-12-7-8-14(9-13(12)2)10-18-19-17-16-6-4-3-5-15(16)11-21-20-17;1-2/h3-10H,11H2,1-2H3,(H,19,20);1-2H3. The molecule has 2 aromatic carbocycles. The van der Waals surface area contributed by atoms with Gasteiger partial charge in [0.15, 0.2) is 5.84 Å². The van der Waals surface area contributed by atoms with Gasteiger partial charge in [0.2, 0.25) is 0 Å². The lowest BCUT2D eigenvalue weighted by molar-refractivity contribution is 0.0650. The Bertz CT molecular complexity index is 720. The van der Waals surface area contributed by atoms with Crippen molar-refractivity contribution in [3.8, 4) is 0 Å². The summed E-state index contributed by atoms with van der Waals surface area (Å²) in [5, 5.41) is 8.38. The highest BCUT2D eigenvalue weighted by atomic mass is 16.6. The van der Waals surface area contributed by atoms with Crippen LogP contribution in [0.25, 0.3) is 0 Å². The molecule has 0 aromatic heterocycles. The molecule has 0 amide bonds. The second-order valence-corrected chi connectivity index (χ2v) is 5.08. The fraction of sp³-hybridized carbons (Fsp3) is 0.263. The lowest BCUT2D eigenvalue weighted by Gasteiger charge is -2.18. The van der Waals surface area contributed by atoms with Gasteiger partial charge in [0.1, 0.15) is 6.61 Å². The Morgan fingerprint density at radius 1 is 1.04 bits per heavy atom. The minimum absolute atomic E-state index is 0.538. The molecule has 0 aliphatic carbocycles. The van der Waals surface area contributed by atoms with Crippen molar-refractivity contribution in [2.75, 3.05) is 0 Å². The SMILES string of the molecule is CC.Cc1ccc(C=NN=C2NOCc3ccccc32)cc1C. The molecule has 0 spiro atoms. The number of hydrogen-bond acceptors (Lipinski definition) is 3. The Balaban J connectivity index is 0.000000924. The number of nitrogens with zero attached hydrogens (tertiary/aromatic N) is 2. The van der Waals surface area contributed by atoms with E-state index in [1.165, 1.54) is 11.1 Å². The van der Waals surface area contributed by atoms with Crippen LogP contribution in [-0.4, -0.2) is 12.1 Å². The molecule has 2 aromatic rings. The molecule has 0 saturated heterocycles. The molecule has 1 heterocycles. The van der Waals surface area contributed by atoms with Crippen LogP contribution in [0.5, 0.6) is 0 Å². The van der Waals surface area contributed by atoms with Crippen molar-refractivity contribution < 1.29 is 4.84 Å². The number of benzene rings is 2. The second-order valence-electron chi connectivity index (χ2n) is 5.08. The van der Waals surface area contributed by atoms with Gasteiger partial charge in [-0.05, 0) is 36.1 Å². The highest BCUT2D eigenvalue weighted by Gasteiger charge is 2.14. The van der Waals surface area contributed by atoms with E-state index >= 15 is 0 Å². The molecule has 3 rings (SSSR count). The molecule has 0 saturated carbocycles. The van der Waals surface area contributed by atoms with Crippen LogP contribution in [0.2, 0.25) is 0 Å². The highest BCUT2D eigenvalue weighted by molar-refractivity contribution is 6.00. The Kier molecular flexibility index (Phi) is 6.06. The monoisotopic (exact) mass is 309 g/mol.